The molecular formula is C24H25N7O. The number of hydrogen-bond donors (Lipinski definition) is 3. The van der Waals surface area contributed by atoms with Crippen molar-refractivity contribution in [1.82, 2.24) is 35.5 Å². The van der Waals surface area contributed by atoms with E-state index in [1.54, 1.807) is 7.11 Å². The third kappa shape index (κ3) is 3.86. The maximum absolute atomic E-state index is 5.32. The molecule has 0 aliphatic heterocycles. The van der Waals surface area contributed by atoms with E-state index in [0.717, 1.165) is 56.7 Å². The summed E-state index contributed by atoms with van der Waals surface area (Å²) in [6.45, 7) is 5.54. The molecule has 0 aliphatic carbocycles. The number of H-pyrrole nitrogens is 2. The first-order valence-electron chi connectivity index (χ1n) is 10.6. The zero-order valence-corrected chi connectivity index (χ0v) is 18.3. The predicted octanol–water partition coefficient (Wildman–Crippen LogP) is 4.21. The third-order valence-corrected chi connectivity index (χ3v) is 5.39. The van der Waals surface area contributed by atoms with Crippen molar-refractivity contribution in [2.75, 3.05) is 7.11 Å². The van der Waals surface area contributed by atoms with E-state index in [1.807, 2.05) is 36.8 Å². The molecule has 5 aromatic rings. The summed E-state index contributed by atoms with van der Waals surface area (Å²) in [7, 11) is 1.69. The third-order valence-electron chi connectivity index (χ3n) is 5.39. The zero-order valence-electron chi connectivity index (χ0n) is 18.3. The van der Waals surface area contributed by atoms with Gasteiger partial charge in [0.25, 0.3) is 0 Å². The van der Waals surface area contributed by atoms with Crippen LogP contribution in [-0.4, -0.2) is 43.3 Å². The summed E-state index contributed by atoms with van der Waals surface area (Å²) in [6.07, 6.45) is 5.58. The quantitative estimate of drug-likeness (QED) is 0.359. The van der Waals surface area contributed by atoms with Crippen molar-refractivity contribution in [3.63, 3.8) is 0 Å². The second kappa shape index (κ2) is 8.49. The number of imidazole rings is 1. The van der Waals surface area contributed by atoms with Gasteiger partial charge in [-0.05, 0) is 23.8 Å². The summed E-state index contributed by atoms with van der Waals surface area (Å²) in [4.78, 5) is 17.2. The molecule has 0 amide bonds. The molecule has 8 nitrogen and oxygen atoms in total. The Morgan fingerprint density at radius 2 is 1.97 bits per heavy atom. The molecule has 0 saturated heterocycles. The van der Waals surface area contributed by atoms with E-state index in [-0.39, 0.29) is 0 Å². The first-order chi connectivity index (χ1) is 15.6. The molecule has 8 heteroatoms. The molecule has 0 spiro atoms. The fraction of sp³-hybridized carbons (Fsp3) is 0.250. The van der Waals surface area contributed by atoms with E-state index in [2.05, 4.69) is 56.4 Å². The minimum atomic E-state index is 0.415. The molecule has 162 valence electrons. The fourth-order valence-electron chi connectivity index (χ4n) is 3.78. The number of aromatic amines is 2. The lowest BCUT2D eigenvalue weighted by atomic mass is 10.1. The second-order valence-electron chi connectivity index (χ2n) is 8.14. The van der Waals surface area contributed by atoms with Crippen LogP contribution < -0.4 is 5.32 Å². The van der Waals surface area contributed by atoms with Crippen LogP contribution in [0.2, 0.25) is 0 Å². The highest BCUT2D eigenvalue weighted by atomic mass is 16.5. The van der Waals surface area contributed by atoms with Gasteiger partial charge in [0.05, 0.1) is 23.0 Å². The highest BCUT2D eigenvalue weighted by Crippen LogP contribution is 2.30. The average molecular weight is 428 g/mol. The lowest BCUT2D eigenvalue weighted by molar-refractivity contribution is 0.186. The molecule has 5 rings (SSSR count). The minimum absolute atomic E-state index is 0.415. The van der Waals surface area contributed by atoms with E-state index >= 15 is 0 Å². The summed E-state index contributed by atoms with van der Waals surface area (Å²) >= 11 is 0. The van der Waals surface area contributed by atoms with Crippen LogP contribution >= 0.6 is 0 Å². The first-order valence-corrected chi connectivity index (χ1v) is 10.6. The van der Waals surface area contributed by atoms with Gasteiger partial charge in [0.15, 0.2) is 11.5 Å². The van der Waals surface area contributed by atoms with Gasteiger partial charge in [-0.15, -0.1) is 0 Å². The average Bonchev–Trinajstić information content (AvgIpc) is 3.42. The SMILES string of the molecule is COCc1cccc2[nH]c(-c3[nH]nc4ncc(-c5cncc(CNC(C)C)c5)cc34)nc12. The number of benzene rings is 1. The van der Waals surface area contributed by atoms with Crippen LogP contribution in [-0.2, 0) is 17.9 Å². The van der Waals surface area contributed by atoms with E-state index < -0.39 is 0 Å². The Hall–Kier alpha value is -3.62. The number of aromatic nitrogens is 6. The van der Waals surface area contributed by atoms with Gasteiger partial charge in [0, 0.05) is 55.0 Å². The summed E-state index contributed by atoms with van der Waals surface area (Å²) in [6, 6.07) is 10.7. The van der Waals surface area contributed by atoms with E-state index in [4.69, 9.17) is 9.72 Å². The number of methoxy groups -OCH3 is 1. The Morgan fingerprint density at radius 3 is 2.81 bits per heavy atom. The van der Waals surface area contributed by atoms with E-state index in [0.29, 0.717) is 18.3 Å². The van der Waals surface area contributed by atoms with Crippen LogP contribution in [0.3, 0.4) is 0 Å². The highest BCUT2D eigenvalue weighted by Gasteiger charge is 2.15. The van der Waals surface area contributed by atoms with Crippen LogP contribution in [0.15, 0.2) is 48.9 Å². The van der Waals surface area contributed by atoms with Crippen molar-refractivity contribution in [2.45, 2.75) is 33.0 Å². The van der Waals surface area contributed by atoms with Crippen LogP contribution in [0.5, 0.6) is 0 Å². The Labute approximate surface area is 185 Å². The lowest BCUT2D eigenvalue weighted by Crippen LogP contribution is -2.21. The molecule has 1 aromatic carbocycles. The fourth-order valence-corrected chi connectivity index (χ4v) is 3.78. The first kappa shape index (κ1) is 20.3. The molecular weight excluding hydrogens is 402 g/mol. The minimum Gasteiger partial charge on any atom is -0.380 e. The number of para-hydroxylation sites is 1. The van der Waals surface area contributed by atoms with Gasteiger partial charge >= 0.3 is 0 Å². The van der Waals surface area contributed by atoms with Crippen molar-refractivity contribution in [3.05, 3.63) is 60.0 Å². The maximum Gasteiger partial charge on any atom is 0.181 e. The second-order valence-corrected chi connectivity index (χ2v) is 8.14. The number of fused-ring (bicyclic) bond motifs is 2. The standard InChI is InChI=1S/C24H25N7O/c1-14(2)26-10-15-7-17(11-25-9-15)18-8-19-22(30-31-23(19)27-12-18)24-28-20-6-4-5-16(13-32-3)21(20)29-24/h4-9,11-12,14,26H,10,13H2,1-3H3,(H,28,29)(H,27,30,31). The van der Waals surface area contributed by atoms with Crippen molar-refractivity contribution in [1.29, 1.82) is 0 Å². The van der Waals surface area contributed by atoms with E-state index in [1.165, 1.54) is 0 Å². The number of nitrogens with one attached hydrogen (secondary N) is 3. The Morgan fingerprint density at radius 1 is 1.09 bits per heavy atom. The molecule has 0 radical (unpaired) electrons. The van der Waals surface area contributed by atoms with Crippen molar-refractivity contribution < 1.29 is 4.74 Å². The van der Waals surface area contributed by atoms with Crippen molar-refractivity contribution in [3.8, 4) is 22.6 Å². The van der Waals surface area contributed by atoms with Crippen LogP contribution in [0.1, 0.15) is 25.0 Å². The highest BCUT2D eigenvalue weighted by molar-refractivity contribution is 5.93. The molecule has 0 unspecified atom stereocenters. The normalized spacial score (nSPS) is 11.8. The molecule has 32 heavy (non-hydrogen) atoms. The van der Waals surface area contributed by atoms with Gasteiger partial charge in [-0.2, -0.15) is 5.10 Å². The van der Waals surface area contributed by atoms with Gasteiger partial charge in [-0.25, -0.2) is 9.97 Å². The summed E-state index contributed by atoms with van der Waals surface area (Å²) in [5, 5.41) is 11.8. The Balaban J connectivity index is 1.55. The molecule has 0 fully saturated rings. The summed E-state index contributed by atoms with van der Waals surface area (Å²) < 4.78 is 5.32. The largest absolute Gasteiger partial charge is 0.380 e. The van der Waals surface area contributed by atoms with Gasteiger partial charge < -0.3 is 15.0 Å². The molecule has 4 aromatic heterocycles. The number of rotatable bonds is 7. The molecule has 4 heterocycles. The van der Waals surface area contributed by atoms with Crippen molar-refractivity contribution >= 4 is 22.1 Å². The molecule has 3 N–H and O–H groups in total. The van der Waals surface area contributed by atoms with Gasteiger partial charge in [-0.3, -0.25) is 10.1 Å². The lowest BCUT2D eigenvalue weighted by Gasteiger charge is -2.09. The Kier molecular flexibility index (Phi) is 5.38. The summed E-state index contributed by atoms with van der Waals surface area (Å²) in [5.41, 5.74) is 7.46. The van der Waals surface area contributed by atoms with Gasteiger partial charge in [-0.1, -0.05) is 26.0 Å². The monoisotopic (exact) mass is 427 g/mol. The Bertz CT molecular complexity index is 1390. The molecule has 0 aliphatic rings. The number of nitrogens with zero attached hydrogens (tertiary/aromatic N) is 4. The van der Waals surface area contributed by atoms with E-state index in [9.17, 15) is 0 Å². The molecule has 0 saturated carbocycles. The van der Waals surface area contributed by atoms with Crippen LogP contribution in [0.25, 0.3) is 44.7 Å². The number of hydrogen-bond acceptors (Lipinski definition) is 6. The smallest absolute Gasteiger partial charge is 0.181 e. The van der Waals surface area contributed by atoms with Gasteiger partial charge in [0.1, 0.15) is 5.69 Å². The van der Waals surface area contributed by atoms with Crippen LogP contribution in [0.4, 0.5) is 0 Å². The van der Waals surface area contributed by atoms with Gasteiger partial charge in [0.2, 0.25) is 0 Å². The molecule has 0 bridgehead atoms. The number of pyridine rings is 2. The number of ether oxygens (including phenoxy) is 1. The van der Waals surface area contributed by atoms with Crippen LogP contribution in [0, 0.1) is 0 Å². The molecule has 0 atom stereocenters. The summed E-state index contributed by atoms with van der Waals surface area (Å²) in [5.74, 6) is 0.720. The predicted molar refractivity (Wildman–Crippen MR) is 125 cm³/mol. The maximum atomic E-state index is 5.32. The topological polar surface area (TPSA) is 104 Å². The zero-order chi connectivity index (χ0) is 22.1. The van der Waals surface area contributed by atoms with Crippen molar-refractivity contribution in [2.24, 2.45) is 0 Å².